The average Bonchev–Trinajstić information content (AvgIpc) is 3.40. The van der Waals surface area contributed by atoms with Crippen molar-refractivity contribution in [3.05, 3.63) is 108 Å². The van der Waals surface area contributed by atoms with Gasteiger partial charge in [0.05, 0.1) is 17.8 Å². The number of thiocarbonyl (C=S) groups is 1. The molecule has 3 aromatic heterocycles. The molecule has 0 radical (unpaired) electrons. The number of nitrogens with zero attached hydrogens (tertiary/aromatic N) is 4. The molecule has 31 heavy (non-hydrogen) atoms. The standard InChI is InChI=1S/C24H21N5OS/c30-19-10-8-18(9-11-19)28-14-4-7-21(28)23-22(20-6-1-2-13-26-20)27-24(31)29(23)16-17-5-3-12-25-15-17/h1-15,22-23,30H,16H2,(H,27,31). The van der Waals surface area contributed by atoms with E-state index in [4.69, 9.17) is 12.2 Å². The predicted molar refractivity (Wildman–Crippen MR) is 123 cm³/mol. The molecule has 1 aliphatic rings. The van der Waals surface area contributed by atoms with Gasteiger partial charge in [-0.3, -0.25) is 9.97 Å². The zero-order valence-electron chi connectivity index (χ0n) is 16.7. The van der Waals surface area contributed by atoms with E-state index >= 15 is 0 Å². The summed E-state index contributed by atoms with van der Waals surface area (Å²) >= 11 is 5.77. The molecule has 1 saturated heterocycles. The maximum Gasteiger partial charge on any atom is 0.170 e. The van der Waals surface area contributed by atoms with Crippen LogP contribution in [-0.4, -0.2) is 29.7 Å². The lowest BCUT2D eigenvalue weighted by Gasteiger charge is -2.29. The first-order valence-electron chi connectivity index (χ1n) is 10.0. The van der Waals surface area contributed by atoms with Crippen LogP contribution in [0.5, 0.6) is 5.75 Å². The summed E-state index contributed by atoms with van der Waals surface area (Å²) in [6.45, 7) is 0.633. The predicted octanol–water partition coefficient (Wildman–Crippen LogP) is 4.15. The van der Waals surface area contributed by atoms with E-state index in [9.17, 15) is 5.11 Å². The third kappa shape index (κ3) is 3.75. The first-order valence-corrected chi connectivity index (χ1v) is 10.4. The molecule has 1 fully saturated rings. The number of phenolic OH excluding ortho intramolecular Hbond substituents is 1. The van der Waals surface area contributed by atoms with Crippen LogP contribution >= 0.6 is 12.2 Å². The summed E-state index contributed by atoms with van der Waals surface area (Å²) in [5.41, 5.74) is 4.07. The fourth-order valence-corrected chi connectivity index (χ4v) is 4.37. The van der Waals surface area contributed by atoms with E-state index in [2.05, 4.69) is 36.9 Å². The first kappa shape index (κ1) is 19.3. The Morgan fingerprint density at radius 2 is 1.84 bits per heavy atom. The van der Waals surface area contributed by atoms with Gasteiger partial charge >= 0.3 is 0 Å². The maximum absolute atomic E-state index is 9.71. The second-order valence-corrected chi connectivity index (χ2v) is 7.82. The van der Waals surface area contributed by atoms with Gasteiger partial charge in [0.15, 0.2) is 5.11 Å². The smallest absolute Gasteiger partial charge is 0.170 e. The highest BCUT2D eigenvalue weighted by atomic mass is 32.1. The van der Waals surface area contributed by atoms with E-state index in [1.165, 1.54) is 0 Å². The summed E-state index contributed by atoms with van der Waals surface area (Å²) in [5, 5.41) is 13.9. The third-order valence-corrected chi connectivity index (χ3v) is 5.84. The van der Waals surface area contributed by atoms with Gasteiger partial charge in [0, 0.05) is 42.7 Å². The molecule has 154 valence electrons. The highest BCUT2D eigenvalue weighted by Crippen LogP contribution is 2.40. The number of nitrogens with one attached hydrogen (secondary N) is 1. The minimum absolute atomic E-state index is 0.0774. The van der Waals surface area contributed by atoms with E-state index in [-0.39, 0.29) is 17.8 Å². The van der Waals surface area contributed by atoms with Gasteiger partial charge in [-0.1, -0.05) is 12.1 Å². The second kappa shape index (κ2) is 8.20. The summed E-state index contributed by atoms with van der Waals surface area (Å²) in [5.74, 6) is 0.241. The molecule has 0 saturated carbocycles. The lowest BCUT2D eigenvalue weighted by atomic mass is 10.0. The molecule has 0 bridgehead atoms. The fourth-order valence-electron chi connectivity index (χ4n) is 4.07. The number of phenols is 1. The normalized spacial score (nSPS) is 18.2. The molecule has 0 spiro atoms. The quantitative estimate of drug-likeness (QED) is 0.467. The monoisotopic (exact) mass is 427 g/mol. The zero-order chi connectivity index (χ0) is 21.2. The van der Waals surface area contributed by atoms with Crippen molar-refractivity contribution in [2.24, 2.45) is 0 Å². The van der Waals surface area contributed by atoms with E-state index < -0.39 is 0 Å². The van der Waals surface area contributed by atoms with Crippen LogP contribution in [0.15, 0.2) is 91.5 Å². The van der Waals surface area contributed by atoms with Crippen molar-refractivity contribution in [2.75, 3.05) is 0 Å². The Balaban J connectivity index is 1.60. The summed E-state index contributed by atoms with van der Waals surface area (Å²) in [6, 6.07) is 21.1. The molecule has 6 nitrogen and oxygen atoms in total. The van der Waals surface area contributed by atoms with Gasteiger partial charge in [0.1, 0.15) is 5.75 Å². The number of pyridine rings is 2. The number of aromatic hydroxyl groups is 1. The van der Waals surface area contributed by atoms with Gasteiger partial charge in [-0.15, -0.1) is 0 Å². The molecule has 4 heterocycles. The van der Waals surface area contributed by atoms with E-state index in [1.807, 2.05) is 54.9 Å². The van der Waals surface area contributed by atoms with Crippen LogP contribution in [0.1, 0.15) is 29.0 Å². The van der Waals surface area contributed by atoms with E-state index in [1.54, 1.807) is 24.5 Å². The minimum Gasteiger partial charge on any atom is -0.508 e. The minimum atomic E-state index is -0.101. The number of rotatable bonds is 5. The van der Waals surface area contributed by atoms with Gasteiger partial charge in [0.25, 0.3) is 0 Å². The van der Waals surface area contributed by atoms with Crippen LogP contribution in [0.2, 0.25) is 0 Å². The topological polar surface area (TPSA) is 66.2 Å². The van der Waals surface area contributed by atoms with Crippen molar-refractivity contribution in [1.82, 2.24) is 24.8 Å². The molecule has 7 heteroatoms. The lowest BCUT2D eigenvalue weighted by molar-refractivity contribution is 0.302. The molecular weight excluding hydrogens is 406 g/mol. The molecule has 2 N–H and O–H groups in total. The van der Waals surface area contributed by atoms with Gasteiger partial charge < -0.3 is 19.9 Å². The van der Waals surface area contributed by atoms with Gasteiger partial charge in [-0.05, 0) is 72.4 Å². The van der Waals surface area contributed by atoms with Crippen molar-refractivity contribution >= 4 is 17.3 Å². The van der Waals surface area contributed by atoms with Crippen molar-refractivity contribution < 1.29 is 5.11 Å². The van der Waals surface area contributed by atoms with Crippen molar-refractivity contribution in [3.63, 3.8) is 0 Å². The average molecular weight is 428 g/mol. The Morgan fingerprint density at radius 1 is 0.968 bits per heavy atom. The van der Waals surface area contributed by atoms with Crippen LogP contribution in [0.25, 0.3) is 5.69 Å². The Morgan fingerprint density at radius 3 is 2.58 bits per heavy atom. The summed E-state index contributed by atoms with van der Waals surface area (Å²) in [6.07, 6.45) is 7.47. The molecule has 5 rings (SSSR count). The van der Waals surface area contributed by atoms with Crippen molar-refractivity contribution in [1.29, 1.82) is 0 Å². The Labute approximate surface area is 185 Å². The van der Waals surface area contributed by atoms with Gasteiger partial charge in [-0.2, -0.15) is 0 Å². The number of hydrogen-bond acceptors (Lipinski definition) is 4. The molecule has 4 aromatic rings. The van der Waals surface area contributed by atoms with Crippen molar-refractivity contribution in [2.45, 2.75) is 18.6 Å². The Kier molecular flexibility index (Phi) is 5.09. The SMILES string of the molecule is Oc1ccc(-n2cccc2C2C(c3ccccn3)NC(=S)N2Cc2cccnc2)cc1. The molecule has 2 unspecified atom stereocenters. The van der Waals surface area contributed by atoms with Crippen molar-refractivity contribution in [3.8, 4) is 11.4 Å². The number of benzene rings is 1. The van der Waals surface area contributed by atoms with Crippen LogP contribution in [0.3, 0.4) is 0 Å². The number of hydrogen-bond donors (Lipinski definition) is 2. The second-order valence-electron chi connectivity index (χ2n) is 7.44. The largest absolute Gasteiger partial charge is 0.508 e. The summed E-state index contributed by atoms with van der Waals surface area (Å²) < 4.78 is 2.13. The van der Waals surface area contributed by atoms with Crippen LogP contribution < -0.4 is 5.32 Å². The van der Waals surface area contributed by atoms with Gasteiger partial charge in [0.2, 0.25) is 0 Å². The maximum atomic E-state index is 9.71. The Hall–Kier alpha value is -3.71. The van der Waals surface area contributed by atoms with Gasteiger partial charge in [-0.25, -0.2) is 0 Å². The highest BCUT2D eigenvalue weighted by molar-refractivity contribution is 7.80. The number of aromatic nitrogens is 3. The zero-order valence-corrected chi connectivity index (χ0v) is 17.5. The molecule has 0 amide bonds. The first-order chi connectivity index (χ1) is 15.2. The lowest BCUT2D eigenvalue weighted by Crippen LogP contribution is -2.30. The summed E-state index contributed by atoms with van der Waals surface area (Å²) in [7, 11) is 0. The molecule has 2 atom stereocenters. The summed E-state index contributed by atoms with van der Waals surface area (Å²) in [4.78, 5) is 11.1. The van der Waals surface area contributed by atoms with Crippen LogP contribution in [-0.2, 0) is 6.54 Å². The van der Waals surface area contributed by atoms with E-state index in [0.717, 1.165) is 22.6 Å². The highest BCUT2D eigenvalue weighted by Gasteiger charge is 2.41. The molecular formula is C24H21N5OS. The third-order valence-electron chi connectivity index (χ3n) is 5.48. The van der Waals surface area contributed by atoms with Crippen LogP contribution in [0, 0.1) is 0 Å². The Bertz CT molecular complexity index is 1180. The molecule has 1 aromatic carbocycles. The molecule has 1 aliphatic heterocycles. The van der Waals surface area contributed by atoms with E-state index in [0.29, 0.717) is 11.7 Å². The van der Waals surface area contributed by atoms with Crippen LogP contribution in [0.4, 0.5) is 0 Å². The fraction of sp³-hybridized carbons (Fsp3) is 0.125. The molecule has 0 aliphatic carbocycles.